The summed E-state index contributed by atoms with van der Waals surface area (Å²) in [6.07, 6.45) is 4.44. The molecule has 35 heavy (non-hydrogen) atoms. The number of allylic oxidation sites excluding steroid dienone is 1. The van der Waals surface area contributed by atoms with Crippen molar-refractivity contribution < 1.29 is 8.78 Å². The van der Waals surface area contributed by atoms with Crippen molar-refractivity contribution in [2.24, 2.45) is 4.99 Å². The van der Waals surface area contributed by atoms with Crippen LogP contribution in [-0.2, 0) is 0 Å². The lowest BCUT2D eigenvalue weighted by Crippen LogP contribution is -2.35. The van der Waals surface area contributed by atoms with Gasteiger partial charge in [-0.1, -0.05) is 76.2 Å². The summed E-state index contributed by atoms with van der Waals surface area (Å²) in [4.78, 5) is 7.25. The second-order valence-corrected chi connectivity index (χ2v) is 10.5. The molecule has 0 saturated heterocycles. The van der Waals surface area contributed by atoms with E-state index in [2.05, 4.69) is 38.4 Å². The molecule has 0 aromatic heterocycles. The van der Waals surface area contributed by atoms with Crippen molar-refractivity contribution in [3.05, 3.63) is 128 Å². The quantitative estimate of drug-likeness (QED) is 0.326. The summed E-state index contributed by atoms with van der Waals surface area (Å²) in [6.45, 7) is 0. The summed E-state index contributed by atoms with van der Waals surface area (Å²) in [5.41, 5.74) is 6.19. The molecule has 1 atom stereocenters. The average Bonchev–Trinajstić information content (AvgIpc) is 3.29. The van der Waals surface area contributed by atoms with Gasteiger partial charge in [-0.3, -0.25) is 0 Å². The Kier molecular flexibility index (Phi) is 5.94. The predicted octanol–water partition coefficient (Wildman–Crippen LogP) is 8.71. The van der Waals surface area contributed by atoms with Gasteiger partial charge in [0.25, 0.3) is 0 Å². The summed E-state index contributed by atoms with van der Waals surface area (Å²) < 4.78 is 30.8. The summed E-state index contributed by atoms with van der Waals surface area (Å²) >= 11 is 5.06. The highest BCUT2D eigenvalue weighted by Gasteiger charge is 2.41. The van der Waals surface area contributed by atoms with E-state index in [-0.39, 0.29) is 17.7 Å². The molecule has 3 aromatic carbocycles. The Balaban J connectivity index is 1.52. The van der Waals surface area contributed by atoms with Gasteiger partial charge in [0.15, 0.2) is 5.17 Å². The fourth-order valence-electron chi connectivity index (χ4n) is 5.00. The maximum Gasteiger partial charge on any atom is 0.174 e. The van der Waals surface area contributed by atoms with Crippen LogP contribution in [0.15, 0.2) is 105 Å². The molecule has 0 N–H and O–H groups in total. The van der Waals surface area contributed by atoms with E-state index < -0.39 is 0 Å². The highest BCUT2D eigenvalue weighted by atomic mass is 79.9. The average molecular weight is 547 g/mol. The first-order chi connectivity index (χ1) is 17.1. The Hall–Kier alpha value is -2.96. The van der Waals surface area contributed by atoms with E-state index in [9.17, 15) is 4.39 Å². The topological polar surface area (TPSA) is 15.6 Å². The molecular formula is C29H21BrF2N2S. The lowest BCUT2D eigenvalue weighted by Gasteiger charge is -2.40. The van der Waals surface area contributed by atoms with E-state index in [0.29, 0.717) is 11.1 Å². The van der Waals surface area contributed by atoms with Gasteiger partial charge < -0.3 is 4.90 Å². The van der Waals surface area contributed by atoms with E-state index in [0.717, 1.165) is 57.0 Å². The second-order valence-electron chi connectivity index (χ2n) is 8.73. The summed E-state index contributed by atoms with van der Waals surface area (Å²) in [6, 6.07) is 21.6. The van der Waals surface area contributed by atoms with Crippen molar-refractivity contribution >= 4 is 44.6 Å². The Morgan fingerprint density at radius 2 is 1.66 bits per heavy atom. The van der Waals surface area contributed by atoms with Gasteiger partial charge in [0, 0.05) is 21.0 Å². The van der Waals surface area contributed by atoms with Crippen LogP contribution >= 0.6 is 27.7 Å². The van der Waals surface area contributed by atoms with Crippen molar-refractivity contribution in [2.75, 3.05) is 0 Å². The summed E-state index contributed by atoms with van der Waals surface area (Å²) in [7, 11) is 0. The number of hydrogen-bond acceptors (Lipinski definition) is 3. The van der Waals surface area contributed by atoms with Crippen molar-refractivity contribution in [2.45, 2.75) is 25.3 Å². The standard InChI is InChI=1S/C29H21BrF2N2S/c30-21-14-12-18(13-15-21)26-17-35-29-33-27-20(16-19-6-1-3-10-24(19)31)7-5-9-23(27)28(34(26)29)22-8-2-4-11-25(22)32/h1-4,6,8,10-17,28H,5,7,9H2/b20-16+/t28-/m1/s1. The molecule has 3 aromatic rings. The van der Waals surface area contributed by atoms with E-state index in [1.54, 1.807) is 30.0 Å². The van der Waals surface area contributed by atoms with Crippen LogP contribution in [0.25, 0.3) is 11.8 Å². The largest absolute Gasteiger partial charge is 0.308 e. The van der Waals surface area contributed by atoms with E-state index >= 15 is 4.39 Å². The minimum absolute atomic E-state index is 0.233. The molecule has 0 amide bonds. The van der Waals surface area contributed by atoms with Crippen molar-refractivity contribution in [3.8, 4) is 0 Å². The van der Waals surface area contributed by atoms with Crippen LogP contribution in [-0.4, -0.2) is 10.1 Å². The first-order valence-corrected chi connectivity index (χ1v) is 13.2. The minimum atomic E-state index is -0.312. The van der Waals surface area contributed by atoms with Crippen LogP contribution < -0.4 is 0 Å². The third-order valence-electron chi connectivity index (χ3n) is 6.61. The monoisotopic (exact) mass is 546 g/mol. The van der Waals surface area contributed by atoms with E-state index in [1.165, 1.54) is 12.1 Å². The molecule has 6 heteroatoms. The van der Waals surface area contributed by atoms with Crippen molar-refractivity contribution in [1.29, 1.82) is 0 Å². The summed E-state index contributed by atoms with van der Waals surface area (Å²) in [5, 5.41) is 2.91. The molecular weight excluding hydrogens is 526 g/mol. The summed E-state index contributed by atoms with van der Waals surface area (Å²) in [5.74, 6) is -0.485. The van der Waals surface area contributed by atoms with Gasteiger partial charge in [0.1, 0.15) is 11.6 Å². The Labute approximate surface area is 215 Å². The van der Waals surface area contributed by atoms with Gasteiger partial charge in [-0.05, 0) is 66.3 Å². The third kappa shape index (κ3) is 4.09. The number of aliphatic imine (C=N–C) groups is 1. The number of halogens is 3. The smallest absolute Gasteiger partial charge is 0.174 e. The zero-order valence-corrected chi connectivity index (χ0v) is 21.1. The SMILES string of the molecule is Fc1ccccc1/C=C1\CCCC2=C1N=C1SC=C(c3ccc(Br)cc3)N1[C@@H]2c1ccccc1F. The first-order valence-electron chi connectivity index (χ1n) is 11.5. The number of hydrogen-bond donors (Lipinski definition) is 0. The molecule has 0 spiro atoms. The van der Waals surface area contributed by atoms with Crippen LogP contribution in [0, 0.1) is 11.6 Å². The van der Waals surface area contributed by atoms with Crippen LogP contribution in [0.2, 0.25) is 0 Å². The Morgan fingerprint density at radius 1 is 0.914 bits per heavy atom. The highest BCUT2D eigenvalue weighted by Crippen LogP contribution is 2.51. The molecule has 0 radical (unpaired) electrons. The van der Waals surface area contributed by atoms with Crippen LogP contribution in [0.3, 0.4) is 0 Å². The molecule has 0 fully saturated rings. The first kappa shape index (κ1) is 22.5. The molecule has 174 valence electrons. The van der Waals surface area contributed by atoms with Crippen molar-refractivity contribution in [3.63, 3.8) is 0 Å². The van der Waals surface area contributed by atoms with Gasteiger partial charge in [0.05, 0.1) is 17.4 Å². The minimum Gasteiger partial charge on any atom is -0.308 e. The lowest BCUT2D eigenvalue weighted by molar-refractivity contribution is 0.439. The van der Waals surface area contributed by atoms with Crippen LogP contribution in [0.1, 0.15) is 42.0 Å². The molecule has 3 aliphatic rings. The van der Waals surface area contributed by atoms with Gasteiger partial charge in [-0.25, -0.2) is 13.8 Å². The fraction of sp³-hybridized carbons (Fsp3) is 0.138. The zero-order valence-electron chi connectivity index (χ0n) is 18.7. The molecule has 2 heterocycles. The molecule has 0 unspecified atom stereocenters. The third-order valence-corrected chi connectivity index (χ3v) is 7.98. The number of rotatable bonds is 3. The molecule has 0 saturated carbocycles. The van der Waals surface area contributed by atoms with Crippen LogP contribution in [0.5, 0.6) is 0 Å². The number of amidine groups is 1. The van der Waals surface area contributed by atoms with Gasteiger partial charge >= 0.3 is 0 Å². The van der Waals surface area contributed by atoms with Crippen molar-refractivity contribution in [1.82, 2.24) is 4.90 Å². The maximum absolute atomic E-state index is 15.3. The van der Waals surface area contributed by atoms with E-state index in [4.69, 9.17) is 4.99 Å². The maximum atomic E-state index is 15.3. The second kappa shape index (κ2) is 9.25. The lowest BCUT2D eigenvalue weighted by atomic mass is 9.82. The normalized spacial score (nSPS) is 20.5. The van der Waals surface area contributed by atoms with Gasteiger partial charge in [-0.2, -0.15) is 0 Å². The number of thioether (sulfide) groups is 1. The van der Waals surface area contributed by atoms with E-state index in [1.807, 2.05) is 36.4 Å². The Morgan fingerprint density at radius 3 is 2.43 bits per heavy atom. The van der Waals surface area contributed by atoms with Crippen LogP contribution in [0.4, 0.5) is 8.78 Å². The number of benzene rings is 3. The Bertz CT molecular complexity index is 1440. The molecule has 1 aliphatic carbocycles. The molecule has 2 aliphatic heterocycles. The molecule has 0 bridgehead atoms. The molecule has 2 nitrogen and oxygen atoms in total. The van der Waals surface area contributed by atoms with Gasteiger partial charge in [-0.15, -0.1) is 0 Å². The predicted molar refractivity (Wildman–Crippen MR) is 143 cm³/mol. The zero-order chi connectivity index (χ0) is 23.9. The van der Waals surface area contributed by atoms with Gasteiger partial charge in [0.2, 0.25) is 0 Å². The number of nitrogens with zero attached hydrogens (tertiary/aromatic N) is 2. The highest BCUT2D eigenvalue weighted by molar-refractivity contribution is 9.10. The fourth-order valence-corrected chi connectivity index (χ4v) is 6.19. The molecule has 6 rings (SSSR count). The number of fused-ring (bicyclic) bond motifs is 1.